The summed E-state index contributed by atoms with van der Waals surface area (Å²) in [5.41, 5.74) is 0. The highest BCUT2D eigenvalue weighted by Gasteiger charge is 2.09. The normalized spacial score (nSPS) is 21.0. The summed E-state index contributed by atoms with van der Waals surface area (Å²) in [4.78, 5) is 2.45. The van der Waals surface area contributed by atoms with Gasteiger partial charge in [-0.05, 0) is 32.4 Å². The van der Waals surface area contributed by atoms with Crippen LogP contribution in [0.4, 0.5) is 0 Å². The average molecular weight is 126 g/mol. The summed E-state index contributed by atoms with van der Waals surface area (Å²) < 4.78 is 0. The van der Waals surface area contributed by atoms with E-state index < -0.39 is 0 Å². The highest BCUT2D eigenvalue weighted by atomic mass is 15.1. The van der Waals surface area contributed by atoms with Gasteiger partial charge in [0.2, 0.25) is 0 Å². The SMILES string of the molecule is CCCCN1[CH]CCC1. The fourth-order valence-electron chi connectivity index (χ4n) is 1.22. The maximum atomic E-state index is 2.45. The molecule has 1 aliphatic heterocycles. The van der Waals surface area contributed by atoms with Gasteiger partial charge in [0.05, 0.1) is 0 Å². The van der Waals surface area contributed by atoms with E-state index in [-0.39, 0.29) is 0 Å². The van der Waals surface area contributed by atoms with Crippen molar-refractivity contribution in [2.24, 2.45) is 0 Å². The molecule has 9 heavy (non-hydrogen) atoms. The average Bonchev–Trinajstić information content (AvgIpc) is 2.34. The Bertz CT molecular complexity index is 65.0. The molecule has 0 bridgehead atoms. The molecule has 1 rings (SSSR count). The van der Waals surface area contributed by atoms with E-state index >= 15 is 0 Å². The fourth-order valence-corrected chi connectivity index (χ4v) is 1.22. The van der Waals surface area contributed by atoms with E-state index in [1.165, 1.54) is 38.8 Å². The van der Waals surface area contributed by atoms with Crippen LogP contribution in [0, 0.1) is 6.54 Å². The van der Waals surface area contributed by atoms with Crippen molar-refractivity contribution in [3.8, 4) is 0 Å². The molecule has 0 spiro atoms. The quantitative estimate of drug-likeness (QED) is 0.559. The molecule has 0 aromatic rings. The highest BCUT2D eigenvalue weighted by molar-refractivity contribution is 4.75. The number of rotatable bonds is 3. The maximum absolute atomic E-state index is 2.45. The van der Waals surface area contributed by atoms with Gasteiger partial charge in [0.25, 0.3) is 0 Å². The van der Waals surface area contributed by atoms with Crippen molar-refractivity contribution in [1.82, 2.24) is 4.90 Å². The molecule has 0 saturated carbocycles. The zero-order chi connectivity index (χ0) is 6.53. The molecule has 1 heteroatoms. The summed E-state index contributed by atoms with van der Waals surface area (Å²) in [5, 5.41) is 0. The Kier molecular flexibility index (Phi) is 3.05. The predicted molar refractivity (Wildman–Crippen MR) is 40.0 cm³/mol. The lowest BCUT2D eigenvalue weighted by molar-refractivity contribution is 0.377. The molecule has 0 N–H and O–H groups in total. The van der Waals surface area contributed by atoms with Crippen LogP contribution in [-0.4, -0.2) is 18.0 Å². The van der Waals surface area contributed by atoms with Gasteiger partial charge in [0, 0.05) is 6.54 Å². The Morgan fingerprint density at radius 3 is 3.00 bits per heavy atom. The molecule has 1 saturated heterocycles. The van der Waals surface area contributed by atoms with Crippen LogP contribution in [0.5, 0.6) is 0 Å². The van der Waals surface area contributed by atoms with Gasteiger partial charge in [-0.3, -0.25) is 4.90 Å². The molecule has 0 amide bonds. The van der Waals surface area contributed by atoms with Crippen molar-refractivity contribution >= 4 is 0 Å². The van der Waals surface area contributed by atoms with Crippen LogP contribution in [0.2, 0.25) is 0 Å². The van der Waals surface area contributed by atoms with E-state index in [0.29, 0.717) is 0 Å². The molecule has 1 heterocycles. The summed E-state index contributed by atoms with van der Waals surface area (Å²) in [7, 11) is 0. The first-order valence-electron chi connectivity index (χ1n) is 4.01. The largest absolute Gasteiger partial charge is 0.299 e. The fraction of sp³-hybridized carbons (Fsp3) is 0.875. The molecule has 0 aromatic heterocycles. The zero-order valence-corrected chi connectivity index (χ0v) is 6.27. The Balaban J connectivity index is 1.98. The van der Waals surface area contributed by atoms with E-state index in [4.69, 9.17) is 0 Å². The molecule has 0 unspecified atom stereocenters. The smallest absolute Gasteiger partial charge is 0.0252 e. The molecule has 53 valence electrons. The first-order chi connectivity index (χ1) is 4.43. The Labute approximate surface area is 58.0 Å². The number of likely N-dealkylation sites (tertiary alicyclic amines) is 1. The van der Waals surface area contributed by atoms with Crippen molar-refractivity contribution in [1.29, 1.82) is 0 Å². The summed E-state index contributed by atoms with van der Waals surface area (Å²) in [6.45, 7) is 7.18. The standard InChI is InChI=1S/C8H16N/c1-2-3-6-9-7-4-5-8-9/h7H,2-6,8H2,1H3. The van der Waals surface area contributed by atoms with Gasteiger partial charge in [-0.2, -0.15) is 0 Å². The molecular formula is C8H16N. The van der Waals surface area contributed by atoms with E-state index in [2.05, 4.69) is 18.4 Å². The molecule has 1 nitrogen and oxygen atoms in total. The third kappa shape index (κ3) is 2.35. The second-order valence-electron chi connectivity index (χ2n) is 2.71. The molecule has 1 radical (unpaired) electrons. The van der Waals surface area contributed by atoms with Crippen molar-refractivity contribution in [2.75, 3.05) is 13.1 Å². The predicted octanol–water partition coefficient (Wildman–Crippen LogP) is 2.04. The van der Waals surface area contributed by atoms with Crippen LogP contribution in [-0.2, 0) is 0 Å². The topological polar surface area (TPSA) is 3.24 Å². The monoisotopic (exact) mass is 126 g/mol. The lowest BCUT2D eigenvalue weighted by Gasteiger charge is -2.11. The first-order valence-corrected chi connectivity index (χ1v) is 4.01. The lowest BCUT2D eigenvalue weighted by atomic mass is 10.3. The van der Waals surface area contributed by atoms with Crippen LogP contribution in [0.25, 0.3) is 0 Å². The van der Waals surface area contributed by atoms with Crippen LogP contribution >= 0.6 is 0 Å². The molecule has 0 aromatic carbocycles. The van der Waals surface area contributed by atoms with Crippen molar-refractivity contribution in [3.05, 3.63) is 6.54 Å². The summed E-state index contributed by atoms with van der Waals surface area (Å²) in [6.07, 6.45) is 5.37. The Morgan fingerprint density at radius 1 is 1.56 bits per heavy atom. The van der Waals surface area contributed by atoms with Crippen LogP contribution in [0.3, 0.4) is 0 Å². The molecule has 0 aliphatic carbocycles. The third-order valence-electron chi connectivity index (χ3n) is 1.84. The number of hydrogen-bond acceptors (Lipinski definition) is 1. The van der Waals surface area contributed by atoms with Gasteiger partial charge in [-0.25, -0.2) is 0 Å². The second kappa shape index (κ2) is 3.89. The van der Waals surface area contributed by atoms with Gasteiger partial charge in [-0.1, -0.05) is 13.3 Å². The zero-order valence-electron chi connectivity index (χ0n) is 6.27. The van der Waals surface area contributed by atoms with Crippen LogP contribution in [0.15, 0.2) is 0 Å². The van der Waals surface area contributed by atoms with E-state index in [0.717, 1.165) is 0 Å². The van der Waals surface area contributed by atoms with E-state index in [1.807, 2.05) is 0 Å². The van der Waals surface area contributed by atoms with Gasteiger partial charge < -0.3 is 0 Å². The number of nitrogens with zero attached hydrogens (tertiary/aromatic N) is 1. The molecular weight excluding hydrogens is 110 g/mol. The Morgan fingerprint density at radius 2 is 2.44 bits per heavy atom. The Hall–Kier alpha value is -0.0400. The third-order valence-corrected chi connectivity index (χ3v) is 1.84. The van der Waals surface area contributed by atoms with Gasteiger partial charge in [-0.15, -0.1) is 0 Å². The van der Waals surface area contributed by atoms with Gasteiger partial charge >= 0.3 is 0 Å². The minimum atomic E-state index is 1.29. The summed E-state index contributed by atoms with van der Waals surface area (Å²) in [5.74, 6) is 0. The van der Waals surface area contributed by atoms with Crippen LogP contribution in [0.1, 0.15) is 32.6 Å². The van der Waals surface area contributed by atoms with Gasteiger partial charge in [0.15, 0.2) is 0 Å². The van der Waals surface area contributed by atoms with Crippen molar-refractivity contribution in [2.45, 2.75) is 32.6 Å². The molecule has 1 fully saturated rings. The minimum absolute atomic E-state index is 1.29. The highest BCUT2D eigenvalue weighted by Crippen LogP contribution is 2.12. The van der Waals surface area contributed by atoms with Crippen molar-refractivity contribution < 1.29 is 0 Å². The summed E-state index contributed by atoms with van der Waals surface area (Å²) in [6, 6.07) is 0. The maximum Gasteiger partial charge on any atom is 0.0252 e. The van der Waals surface area contributed by atoms with Gasteiger partial charge in [0.1, 0.15) is 0 Å². The molecule has 0 atom stereocenters. The van der Waals surface area contributed by atoms with Crippen LogP contribution < -0.4 is 0 Å². The number of unbranched alkanes of at least 4 members (excludes halogenated alkanes) is 1. The van der Waals surface area contributed by atoms with E-state index in [9.17, 15) is 0 Å². The first kappa shape index (κ1) is 7.07. The second-order valence-corrected chi connectivity index (χ2v) is 2.71. The molecule has 1 aliphatic rings. The minimum Gasteiger partial charge on any atom is -0.299 e. The summed E-state index contributed by atoms with van der Waals surface area (Å²) >= 11 is 0. The van der Waals surface area contributed by atoms with E-state index in [1.54, 1.807) is 0 Å². The van der Waals surface area contributed by atoms with Crippen molar-refractivity contribution in [3.63, 3.8) is 0 Å². The lowest BCUT2D eigenvalue weighted by Crippen LogP contribution is -2.16. The number of hydrogen-bond donors (Lipinski definition) is 0.